The number of fused-ring (bicyclic) bond motifs is 6. The Labute approximate surface area is 441 Å². The van der Waals surface area contributed by atoms with E-state index in [1.807, 2.05) is 0 Å². The molecule has 0 radical (unpaired) electrons. The van der Waals surface area contributed by atoms with Crippen LogP contribution in [0, 0.1) is 0 Å². The van der Waals surface area contributed by atoms with Gasteiger partial charge >= 0.3 is 0 Å². The fraction of sp³-hybridized carbons (Fsp3) is 0.0833. The van der Waals surface area contributed by atoms with Crippen molar-refractivity contribution in [3.63, 3.8) is 0 Å². The van der Waals surface area contributed by atoms with Gasteiger partial charge in [0.25, 0.3) is 0 Å². The molecule has 3 heteroatoms. The quantitative estimate of drug-likeness (QED) is 0.128. The summed E-state index contributed by atoms with van der Waals surface area (Å²) >= 11 is 0. The Morgan fingerprint density at radius 3 is 0.707 bits per heavy atom. The SMILES string of the molecule is CC1(C)c2cc(-c3ccc(N(c4ccccc4)c4ccc(-c5ccc6c(c5)C(C)(C)c5cc(N(c7ccccc7)c7ccccc7)ccc5-6)cc4)cc3)ccc2-c2ccc(N(c3ccccc3)c3ccccc3)cc21. The van der Waals surface area contributed by atoms with Crippen molar-refractivity contribution in [3.05, 3.63) is 295 Å². The molecule has 11 aromatic rings. The van der Waals surface area contributed by atoms with E-state index in [-0.39, 0.29) is 10.8 Å². The first kappa shape index (κ1) is 45.7. The minimum atomic E-state index is -0.190. The van der Waals surface area contributed by atoms with Crippen LogP contribution in [0.3, 0.4) is 0 Å². The van der Waals surface area contributed by atoms with Gasteiger partial charge in [-0.2, -0.15) is 0 Å². The highest BCUT2D eigenvalue weighted by atomic mass is 15.2. The lowest BCUT2D eigenvalue weighted by molar-refractivity contribution is 0.660. The first-order valence-electron chi connectivity index (χ1n) is 26.2. The summed E-state index contributed by atoms with van der Waals surface area (Å²) in [6, 6.07) is 99.7. The number of rotatable bonds is 11. The third-order valence-corrected chi connectivity index (χ3v) is 15.8. The summed E-state index contributed by atoms with van der Waals surface area (Å²) in [5.74, 6) is 0. The van der Waals surface area contributed by atoms with Crippen LogP contribution in [0.5, 0.6) is 0 Å². The first-order chi connectivity index (χ1) is 36.7. The van der Waals surface area contributed by atoms with Gasteiger partial charge in [0.15, 0.2) is 0 Å². The van der Waals surface area contributed by atoms with Crippen LogP contribution in [0.25, 0.3) is 44.5 Å². The first-order valence-corrected chi connectivity index (χ1v) is 26.2. The smallest absolute Gasteiger partial charge is 0.0465 e. The van der Waals surface area contributed by atoms with Crippen molar-refractivity contribution in [3.8, 4) is 44.5 Å². The highest BCUT2D eigenvalue weighted by molar-refractivity contribution is 5.90. The Hall–Kier alpha value is -9.18. The van der Waals surface area contributed by atoms with Crippen LogP contribution in [0.4, 0.5) is 51.2 Å². The highest BCUT2D eigenvalue weighted by Gasteiger charge is 2.38. The molecule has 0 unspecified atom stereocenters. The van der Waals surface area contributed by atoms with E-state index in [9.17, 15) is 0 Å². The summed E-state index contributed by atoms with van der Waals surface area (Å²) in [4.78, 5) is 7.07. The van der Waals surface area contributed by atoms with E-state index in [0.29, 0.717) is 0 Å². The molecule has 0 aromatic heterocycles. The molecular formula is C72H57N3. The van der Waals surface area contributed by atoms with Gasteiger partial charge in [0.2, 0.25) is 0 Å². The molecular weight excluding hydrogens is 907 g/mol. The molecule has 0 fully saturated rings. The summed E-state index contributed by atoms with van der Waals surface area (Å²) in [5, 5.41) is 0. The van der Waals surface area contributed by atoms with Crippen molar-refractivity contribution in [2.75, 3.05) is 14.7 Å². The fourth-order valence-corrected chi connectivity index (χ4v) is 11.9. The largest absolute Gasteiger partial charge is 0.311 e. The van der Waals surface area contributed by atoms with Crippen LogP contribution in [0.15, 0.2) is 273 Å². The second-order valence-corrected chi connectivity index (χ2v) is 21.0. The predicted molar refractivity (Wildman–Crippen MR) is 316 cm³/mol. The number of benzene rings is 11. The molecule has 0 aliphatic heterocycles. The van der Waals surface area contributed by atoms with Gasteiger partial charge in [0.1, 0.15) is 0 Å². The molecule has 75 heavy (non-hydrogen) atoms. The topological polar surface area (TPSA) is 9.72 Å². The van der Waals surface area contributed by atoms with E-state index in [1.54, 1.807) is 0 Å². The molecule has 3 nitrogen and oxygen atoms in total. The van der Waals surface area contributed by atoms with Gasteiger partial charge in [-0.05, 0) is 188 Å². The molecule has 2 aliphatic carbocycles. The van der Waals surface area contributed by atoms with Crippen LogP contribution >= 0.6 is 0 Å². The average Bonchev–Trinajstić information content (AvgIpc) is 3.84. The maximum Gasteiger partial charge on any atom is 0.0465 e. The van der Waals surface area contributed by atoms with Gasteiger partial charge in [-0.1, -0.05) is 179 Å². The van der Waals surface area contributed by atoms with Crippen LogP contribution in [0.2, 0.25) is 0 Å². The van der Waals surface area contributed by atoms with Crippen LogP contribution in [0.1, 0.15) is 49.9 Å². The van der Waals surface area contributed by atoms with Gasteiger partial charge in [0.05, 0.1) is 0 Å². The van der Waals surface area contributed by atoms with E-state index < -0.39 is 0 Å². The molecule has 0 N–H and O–H groups in total. The van der Waals surface area contributed by atoms with Crippen LogP contribution < -0.4 is 14.7 Å². The third-order valence-electron chi connectivity index (χ3n) is 15.8. The van der Waals surface area contributed by atoms with Gasteiger partial charge < -0.3 is 14.7 Å². The molecule has 0 spiro atoms. The van der Waals surface area contributed by atoms with Gasteiger partial charge in [-0.15, -0.1) is 0 Å². The maximum atomic E-state index is 2.42. The van der Waals surface area contributed by atoms with Crippen LogP contribution in [-0.2, 0) is 10.8 Å². The predicted octanol–water partition coefficient (Wildman–Crippen LogP) is 20.0. The molecule has 0 saturated heterocycles. The Balaban J connectivity index is 0.776. The maximum absolute atomic E-state index is 2.42. The van der Waals surface area contributed by atoms with Crippen LogP contribution in [-0.4, -0.2) is 0 Å². The fourth-order valence-electron chi connectivity index (χ4n) is 11.9. The van der Waals surface area contributed by atoms with E-state index >= 15 is 0 Å². The summed E-state index contributed by atoms with van der Waals surface area (Å²) in [6.07, 6.45) is 0. The van der Waals surface area contributed by atoms with E-state index in [2.05, 4.69) is 315 Å². The molecule has 11 aromatic carbocycles. The molecule has 0 saturated carbocycles. The third kappa shape index (κ3) is 8.00. The second-order valence-electron chi connectivity index (χ2n) is 21.0. The van der Waals surface area contributed by atoms with E-state index in [4.69, 9.17) is 0 Å². The summed E-state index contributed by atoms with van der Waals surface area (Å²) in [5.41, 5.74) is 25.3. The molecule has 0 atom stereocenters. The average molecular weight is 964 g/mol. The zero-order valence-corrected chi connectivity index (χ0v) is 42.8. The Bertz CT molecular complexity index is 3530. The second kappa shape index (κ2) is 18.4. The van der Waals surface area contributed by atoms with Crippen molar-refractivity contribution >= 4 is 51.2 Å². The molecule has 13 rings (SSSR count). The van der Waals surface area contributed by atoms with Crippen molar-refractivity contribution in [2.24, 2.45) is 0 Å². The molecule has 2 aliphatic rings. The number of hydrogen-bond acceptors (Lipinski definition) is 3. The lowest BCUT2D eigenvalue weighted by Crippen LogP contribution is -2.16. The highest BCUT2D eigenvalue weighted by Crippen LogP contribution is 2.54. The van der Waals surface area contributed by atoms with E-state index in [1.165, 1.54) is 66.8 Å². The zero-order chi connectivity index (χ0) is 50.7. The summed E-state index contributed by atoms with van der Waals surface area (Å²) < 4.78 is 0. The monoisotopic (exact) mass is 963 g/mol. The van der Waals surface area contributed by atoms with Gasteiger partial charge in [-0.25, -0.2) is 0 Å². The molecule has 0 heterocycles. The Morgan fingerprint density at radius 1 is 0.200 bits per heavy atom. The Morgan fingerprint density at radius 2 is 0.413 bits per heavy atom. The number of para-hydroxylation sites is 5. The minimum Gasteiger partial charge on any atom is -0.311 e. The number of hydrogen-bond donors (Lipinski definition) is 0. The van der Waals surface area contributed by atoms with Gasteiger partial charge in [-0.3, -0.25) is 0 Å². The lowest BCUT2D eigenvalue weighted by atomic mass is 9.81. The van der Waals surface area contributed by atoms with Crippen molar-refractivity contribution in [2.45, 2.75) is 38.5 Å². The zero-order valence-electron chi connectivity index (χ0n) is 42.8. The van der Waals surface area contributed by atoms with Crippen molar-refractivity contribution < 1.29 is 0 Å². The summed E-state index contributed by atoms with van der Waals surface area (Å²) in [7, 11) is 0. The number of nitrogens with zero attached hydrogens (tertiary/aromatic N) is 3. The van der Waals surface area contributed by atoms with E-state index in [0.717, 1.165) is 51.2 Å². The molecule has 360 valence electrons. The molecule has 0 amide bonds. The Kier molecular flexibility index (Phi) is 11.2. The lowest BCUT2D eigenvalue weighted by Gasteiger charge is -2.28. The standard InChI is InChI=1S/C72H57N3/c1-71(2)67-46-52(34-42-63(67)65-44-40-61(48-69(65)71)74(55-22-12-6-13-23-55)56-24-14-7-15-25-56)50-30-36-59(37-31-50)73(54-20-10-5-11-21-54)60-38-32-51(33-39-60)53-35-43-64-66-45-41-62(49-70(66)72(3,4)68(64)47-53)75(57-26-16-8-17-27-57)58-28-18-9-19-29-58/h5-49H,1-4H3. The van der Waals surface area contributed by atoms with Gasteiger partial charge in [0, 0.05) is 62.0 Å². The minimum absolute atomic E-state index is 0.190. The van der Waals surface area contributed by atoms with Crippen molar-refractivity contribution in [1.82, 2.24) is 0 Å². The number of anilines is 9. The molecule has 0 bridgehead atoms. The normalized spacial score (nSPS) is 13.3. The summed E-state index contributed by atoms with van der Waals surface area (Å²) in [6.45, 7) is 9.50. The van der Waals surface area contributed by atoms with Crippen molar-refractivity contribution in [1.29, 1.82) is 0 Å².